The number of esters is 1. The highest BCUT2D eigenvalue weighted by Crippen LogP contribution is 2.42. The molecular weight excluding hydrogens is 204 g/mol. The van der Waals surface area contributed by atoms with Gasteiger partial charge in [0.05, 0.1) is 0 Å². The van der Waals surface area contributed by atoms with Crippen LogP contribution in [-0.4, -0.2) is 25.8 Å². The molecule has 3 heteroatoms. The van der Waals surface area contributed by atoms with Crippen LogP contribution in [0.25, 0.3) is 0 Å². The Labute approximate surface area is 98.5 Å². The molecule has 1 rings (SSSR count). The molecule has 94 valence electrons. The van der Waals surface area contributed by atoms with Crippen LogP contribution in [0.15, 0.2) is 0 Å². The zero-order chi connectivity index (χ0) is 12.2. The molecule has 0 aromatic heterocycles. The summed E-state index contributed by atoms with van der Waals surface area (Å²) in [6.45, 7) is 6.86. The first-order valence-electron chi connectivity index (χ1n) is 6.16. The van der Waals surface area contributed by atoms with E-state index in [0.717, 1.165) is 19.3 Å². The molecular formula is C13H24O3. The third-order valence-corrected chi connectivity index (χ3v) is 3.92. The molecule has 0 aromatic carbocycles. The van der Waals surface area contributed by atoms with Crippen LogP contribution >= 0.6 is 0 Å². The van der Waals surface area contributed by atoms with Gasteiger partial charge in [0.15, 0.2) is 0 Å². The molecule has 1 aliphatic rings. The van der Waals surface area contributed by atoms with Crippen LogP contribution in [0.4, 0.5) is 0 Å². The van der Waals surface area contributed by atoms with Crippen LogP contribution in [0.5, 0.6) is 0 Å². The lowest BCUT2D eigenvalue weighted by Crippen LogP contribution is -2.36. The second-order valence-corrected chi connectivity index (χ2v) is 5.45. The molecule has 0 amide bonds. The number of hydrogen-bond donors (Lipinski definition) is 0. The lowest BCUT2D eigenvalue weighted by molar-refractivity contribution is -0.157. The summed E-state index contributed by atoms with van der Waals surface area (Å²) in [4.78, 5) is 11.3. The van der Waals surface area contributed by atoms with Crippen molar-refractivity contribution in [3.05, 3.63) is 0 Å². The van der Waals surface area contributed by atoms with Crippen molar-refractivity contribution < 1.29 is 14.3 Å². The fourth-order valence-corrected chi connectivity index (χ4v) is 2.42. The molecule has 1 fully saturated rings. The third kappa shape index (κ3) is 3.48. The van der Waals surface area contributed by atoms with Crippen molar-refractivity contribution in [3.8, 4) is 0 Å². The quantitative estimate of drug-likeness (QED) is 0.694. The minimum absolute atomic E-state index is 0.0644. The smallest absolute Gasteiger partial charge is 0.332 e. The number of ether oxygens (including phenoxy) is 2. The molecule has 0 aromatic rings. The van der Waals surface area contributed by atoms with Crippen molar-refractivity contribution in [2.45, 2.75) is 52.6 Å². The first-order valence-corrected chi connectivity index (χ1v) is 6.16. The standard InChI is InChI=1S/C13H24O3/c1-10(2)13(3)7-5-6-11(8-13)16-12(14)9-15-4/h10-11H,5-9H2,1-4H3. The first-order chi connectivity index (χ1) is 7.48. The van der Waals surface area contributed by atoms with Crippen molar-refractivity contribution in [1.82, 2.24) is 0 Å². The molecule has 0 aliphatic heterocycles. The zero-order valence-corrected chi connectivity index (χ0v) is 10.9. The Kier molecular flexibility index (Phi) is 4.78. The van der Waals surface area contributed by atoms with Gasteiger partial charge < -0.3 is 9.47 Å². The molecule has 0 heterocycles. The second-order valence-electron chi connectivity index (χ2n) is 5.45. The minimum atomic E-state index is -0.236. The summed E-state index contributed by atoms with van der Waals surface area (Å²) in [7, 11) is 1.51. The first kappa shape index (κ1) is 13.5. The molecule has 1 aliphatic carbocycles. The van der Waals surface area contributed by atoms with Gasteiger partial charge in [-0.1, -0.05) is 20.8 Å². The van der Waals surface area contributed by atoms with Gasteiger partial charge >= 0.3 is 5.97 Å². The van der Waals surface area contributed by atoms with E-state index in [1.165, 1.54) is 13.5 Å². The summed E-state index contributed by atoms with van der Waals surface area (Å²) < 4.78 is 10.2. The van der Waals surface area contributed by atoms with Crippen LogP contribution in [0.3, 0.4) is 0 Å². The van der Waals surface area contributed by atoms with Crippen LogP contribution < -0.4 is 0 Å². The van der Waals surface area contributed by atoms with Gasteiger partial charge in [0.1, 0.15) is 12.7 Å². The van der Waals surface area contributed by atoms with Gasteiger partial charge in [-0.2, -0.15) is 0 Å². The SMILES string of the molecule is COCC(=O)OC1CCCC(C)(C(C)C)C1. The zero-order valence-electron chi connectivity index (χ0n) is 10.9. The normalized spacial score (nSPS) is 30.4. The predicted molar refractivity (Wildman–Crippen MR) is 63.2 cm³/mol. The van der Waals surface area contributed by atoms with Crippen LogP contribution in [-0.2, 0) is 14.3 Å². The highest BCUT2D eigenvalue weighted by atomic mass is 16.6. The Morgan fingerprint density at radius 3 is 2.75 bits per heavy atom. The van der Waals surface area contributed by atoms with Gasteiger partial charge in [0, 0.05) is 7.11 Å². The van der Waals surface area contributed by atoms with E-state index in [9.17, 15) is 4.79 Å². The van der Waals surface area contributed by atoms with E-state index in [0.29, 0.717) is 11.3 Å². The van der Waals surface area contributed by atoms with Crippen LogP contribution in [0.2, 0.25) is 0 Å². The summed E-state index contributed by atoms with van der Waals surface area (Å²) in [6, 6.07) is 0. The fourth-order valence-electron chi connectivity index (χ4n) is 2.42. The summed E-state index contributed by atoms with van der Waals surface area (Å²) in [6.07, 6.45) is 4.46. The van der Waals surface area contributed by atoms with E-state index in [-0.39, 0.29) is 18.7 Å². The summed E-state index contributed by atoms with van der Waals surface area (Å²) in [5, 5.41) is 0. The van der Waals surface area contributed by atoms with Crippen LogP contribution in [0, 0.1) is 11.3 Å². The highest BCUT2D eigenvalue weighted by Gasteiger charge is 2.36. The molecule has 0 N–H and O–H groups in total. The van der Waals surface area contributed by atoms with Crippen molar-refractivity contribution in [1.29, 1.82) is 0 Å². The Balaban J connectivity index is 2.47. The van der Waals surface area contributed by atoms with Gasteiger partial charge in [0.2, 0.25) is 0 Å². The maximum absolute atomic E-state index is 11.3. The summed E-state index contributed by atoms with van der Waals surface area (Å²) in [5.41, 5.74) is 0.316. The van der Waals surface area contributed by atoms with Crippen molar-refractivity contribution in [3.63, 3.8) is 0 Å². The molecule has 1 saturated carbocycles. The van der Waals surface area contributed by atoms with Gasteiger partial charge in [-0.3, -0.25) is 0 Å². The largest absolute Gasteiger partial charge is 0.461 e. The van der Waals surface area contributed by atoms with Crippen molar-refractivity contribution >= 4 is 5.97 Å². The topological polar surface area (TPSA) is 35.5 Å². The molecule has 0 bridgehead atoms. The Morgan fingerprint density at radius 2 is 2.19 bits per heavy atom. The number of carbonyl (C=O) groups excluding carboxylic acids is 1. The number of hydrogen-bond acceptors (Lipinski definition) is 3. The van der Waals surface area contributed by atoms with E-state index >= 15 is 0 Å². The number of carbonyl (C=O) groups is 1. The molecule has 0 spiro atoms. The van der Waals surface area contributed by atoms with E-state index in [4.69, 9.17) is 9.47 Å². The maximum atomic E-state index is 11.3. The number of methoxy groups -OCH3 is 1. The van der Waals surface area contributed by atoms with Gasteiger partial charge in [-0.15, -0.1) is 0 Å². The summed E-state index contributed by atoms with van der Waals surface area (Å²) >= 11 is 0. The van der Waals surface area contributed by atoms with E-state index in [1.54, 1.807) is 0 Å². The molecule has 2 unspecified atom stereocenters. The van der Waals surface area contributed by atoms with Crippen molar-refractivity contribution in [2.24, 2.45) is 11.3 Å². The summed E-state index contributed by atoms with van der Waals surface area (Å²) in [5.74, 6) is 0.400. The number of rotatable bonds is 4. The van der Waals surface area contributed by atoms with E-state index in [1.807, 2.05) is 0 Å². The average Bonchev–Trinajstić information content (AvgIpc) is 2.17. The van der Waals surface area contributed by atoms with Crippen molar-refractivity contribution in [2.75, 3.05) is 13.7 Å². The Bertz CT molecular complexity index is 237. The predicted octanol–water partition coefficient (Wildman–Crippen LogP) is 2.78. The Hall–Kier alpha value is -0.570. The lowest BCUT2D eigenvalue weighted by atomic mass is 9.67. The maximum Gasteiger partial charge on any atom is 0.332 e. The average molecular weight is 228 g/mol. The molecule has 0 radical (unpaired) electrons. The monoisotopic (exact) mass is 228 g/mol. The molecule has 3 nitrogen and oxygen atoms in total. The Morgan fingerprint density at radius 1 is 1.50 bits per heavy atom. The lowest BCUT2D eigenvalue weighted by Gasteiger charge is -2.40. The van der Waals surface area contributed by atoms with E-state index in [2.05, 4.69) is 20.8 Å². The second kappa shape index (κ2) is 5.67. The highest BCUT2D eigenvalue weighted by molar-refractivity contribution is 5.70. The molecule has 16 heavy (non-hydrogen) atoms. The molecule has 0 saturated heterocycles. The fraction of sp³-hybridized carbons (Fsp3) is 0.923. The molecule has 2 atom stereocenters. The van der Waals surface area contributed by atoms with Gasteiger partial charge in [-0.05, 0) is 37.0 Å². The minimum Gasteiger partial charge on any atom is -0.461 e. The van der Waals surface area contributed by atoms with Crippen LogP contribution in [0.1, 0.15) is 46.5 Å². The van der Waals surface area contributed by atoms with Gasteiger partial charge in [-0.25, -0.2) is 4.79 Å². The third-order valence-electron chi connectivity index (χ3n) is 3.92. The van der Waals surface area contributed by atoms with Gasteiger partial charge in [0.25, 0.3) is 0 Å². The van der Waals surface area contributed by atoms with E-state index < -0.39 is 0 Å².